The molecule has 0 saturated carbocycles. The van der Waals surface area contributed by atoms with Crippen LogP contribution in [0.3, 0.4) is 0 Å². The molecule has 5 heteroatoms. The van der Waals surface area contributed by atoms with Gasteiger partial charge in [0.25, 0.3) is 5.91 Å². The highest BCUT2D eigenvalue weighted by Gasteiger charge is 2.35. The van der Waals surface area contributed by atoms with E-state index in [-0.39, 0.29) is 29.9 Å². The fourth-order valence-electron chi connectivity index (χ4n) is 3.17. The van der Waals surface area contributed by atoms with Crippen molar-refractivity contribution in [2.75, 3.05) is 19.7 Å². The molecule has 0 radical (unpaired) electrons. The summed E-state index contributed by atoms with van der Waals surface area (Å²) in [5, 5.41) is 5.57. The normalized spacial score (nSPS) is 21.1. The number of ether oxygens (including phenoxy) is 1. The zero-order chi connectivity index (χ0) is 17.6. The van der Waals surface area contributed by atoms with Gasteiger partial charge >= 0.3 is 0 Å². The second-order valence-corrected chi connectivity index (χ2v) is 7.41. The van der Waals surface area contributed by atoms with Gasteiger partial charge in [-0.05, 0) is 30.4 Å². The fraction of sp³-hybridized carbons (Fsp3) is 0.579. The Labute approximate surface area is 144 Å². The van der Waals surface area contributed by atoms with E-state index in [2.05, 4.69) is 31.4 Å². The molecule has 1 fully saturated rings. The molecule has 0 spiro atoms. The number of nitrogens with one attached hydrogen (secondary N) is 2. The largest absolute Gasteiger partial charge is 0.377 e. The molecule has 1 aliphatic rings. The van der Waals surface area contributed by atoms with Crippen molar-refractivity contribution in [2.24, 2.45) is 11.3 Å². The maximum absolute atomic E-state index is 12.0. The van der Waals surface area contributed by atoms with Gasteiger partial charge < -0.3 is 15.4 Å². The predicted molar refractivity (Wildman–Crippen MR) is 93.7 cm³/mol. The van der Waals surface area contributed by atoms with E-state index in [1.54, 1.807) is 24.3 Å². The molecule has 2 rings (SSSR count). The van der Waals surface area contributed by atoms with Crippen molar-refractivity contribution in [3.8, 4) is 0 Å². The summed E-state index contributed by atoms with van der Waals surface area (Å²) in [5.74, 6) is -0.0932. The molecular formula is C19H28N2O3. The SMILES string of the molecule is CC(C)(C)[C@@H]1OCCC[C@@H]1CNC(=O)CNC(=O)c1ccccc1. The highest BCUT2D eigenvalue weighted by atomic mass is 16.5. The van der Waals surface area contributed by atoms with Crippen LogP contribution in [-0.4, -0.2) is 37.6 Å². The molecule has 24 heavy (non-hydrogen) atoms. The van der Waals surface area contributed by atoms with Crippen molar-refractivity contribution in [1.29, 1.82) is 0 Å². The van der Waals surface area contributed by atoms with Gasteiger partial charge in [0.1, 0.15) is 0 Å². The maximum Gasteiger partial charge on any atom is 0.251 e. The van der Waals surface area contributed by atoms with E-state index in [4.69, 9.17) is 4.74 Å². The summed E-state index contributed by atoms with van der Waals surface area (Å²) in [6, 6.07) is 8.89. The van der Waals surface area contributed by atoms with Crippen molar-refractivity contribution < 1.29 is 14.3 Å². The molecule has 2 amide bonds. The third-order valence-electron chi connectivity index (χ3n) is 4.31. The summed E-state index contributed by atoms with van der Waals surface area (Å²) in [6.45, 7) is 7.86. The first-order chi connectivity index (χ1) is 11.4. The molecule has 0 aromatic heterocycles. The third kappa shape index (κ3) is 5.34. The van der Waals surface area contributed by atoms with Crippen LogP contribution in [-0.2, 0) is 9.53 Å². The Bertz CT molecular complexity index is 551. The second kappa shape index (κ2) is 8.29. The third-order valence-corrected chi connectivity index (χ3v) is 4.31. The number of carbonyl (C=O) groups is 2. The number of benzene rings is 1. The lowest BCUT2D eigenvalue weighted by atomic mass is 9.78. The zero-order valence-corrected chi connectivity index (χ0v) is 14.8. The topological polar surface area (TPSA) is 67.4 Å². The van der Waals surface area contributed by atoms with Crippen LogP contribution in [0.4, 0.5) is 0 Å². The van der Waals surface area contributed by atoms with Crippen LogP contribution in [0.5, 0.6) is 0 Å². The van der Waals surface area contributed by atoms with Crippen LogP contribution < -0.4 is 10.6 Å². The van der Waals surface area contributed by atoms with Crippen LogP contribution in [0, 0.1) is 11.3 Å². The van der Waals surface area contributed by atoms with Crippen LogP contribution in [0.25, 0.3) is 0 Å². The molecule has 1 saturated heterocycles. The van der Waals surface area contributed by atoms with Gasteiger partial charge in [0, 0.05) is 24.6 Å². The van der Waals surface area contributed by atoms with E-state index in [1.165, 1.54) is 0 Å². The molecule has 1 aromatic carbocycles. The van der Waals surface area contributed by atoms with Crippen LogP contribution >= 0.6 is 0 Å². The van der Waals surface area contributed by atoms with Crippen molar-refractivity contribution in [1.82, 2.24) is 10.6 Å². The first kappa shape index (κ1) is 18.5. The number of rotatable bonds is 5. The van der Waals surface area contributed by atoms with Gasteiger partial charge in [-0.15, -0.1) is 0 Å². The molecule has 1 aliphatic heterocycles. The van der Waals surface area contributed by atoms with E-state index in [0.717, 1.165) is 19.4 Å². The molecule has 132 valence electrons. The van der Waals surface area contributed by atoms with Gasteiger partial charge in [-0.25, -0.2) is 0 Å². The summed E-state index contributed by atoms with van der Waals surface area (Å²) in [6.07, 6.45) is 2.22. The Kier molecular flexibility index (Phi) is 6.37. The van der Waals surface area contributed by atoms with Crippen LogP contribution in [0.2, 0.25) is 0 Å². The average molecular weight is 332 g/mol. The Hall–Kier alpha value is -1.88. The number of amides is 2. The first-order valence-electron chi connectivity index (χ1n) is 8.59. The summed E-state index contributed by atoms with van der Waals surface area (Å²) in [4.78, 5) is 23.9. The molecule has 1 aromatic rings. The second-order valence-electron chi connectivity index (χ2n) is 7.41. The number of carbonyl (C=O) groups excluding carboxylic acids is 2. The number of hydrogen-bond acceptors (Lipinski definition) is 3. The molecule has 0 unspecified atom stereocenters. The molecule has 2 N–H and O–H groups in total. The van der Waals surface area contributed by atoms with Crippen molar-refractivity contribution in [2.45, 2.75) is 39.7 Å². The fourth-order valence-corrected chi connectivity index (χ4v) is 3.17. The van der Waals surface area contributed by atoms with Crippen LogP contribution in [0.15, 0.2) is 30.3 Å². The minimum atomic E-state index is -0.237. The van der Waals surface area contributed by atoms with Gasteiger partial charge in [-0.2, -0.15) is 0 Å². The molecule has 0 aliphatic carbocycles. The summed E-state index contributed by atoms with van der Waals surface area (Å²) >= 11 is 0. The standard InChI is InChI=1S/C19H28N2O3/c1-19(2,3)17-15(10-7-11-24-17)12-20-16(22)13-21-18(23)14-8-5-4-6-9-14/h4-6,8-9,15,17H,7,10-13H2,1-3H3,(H,20,22)(H,21,23)/t15-,17-/m1/s1. The van der Waals surface area contributed by atoms with Crippen molar-refractivity contribution in [3.05, 3.63) is 35.9 Å². The molecule has 5 nitrogen and oxygen atoms in total. The quantitative estimate of drug-likeness (QED) is 0.870. The number of hydrogen-bond donors (Lipinski definition) is 2. The molecule has 2 atom stereocenters. The maximum atomic E-state index is 12.0. The van der Waals surface area contributed by atoms with Gasteiger partial charge in [-0.1, -0.05) is 39.0 Å². The average Bonchev–Trinajstić information content (AvgIpc) is 2.58. The van der Waals surface area contributed by atoms with E-state index < -0.39 is 0 Å². The lowest BCUT2D eigenvalue weighted by Crippen LogP contribution is -2.46. The summed E-state index contributed by atoms with van der Waals surface area (Å²) < 4.78 is 5.92. The minimum absolute atomic E-state index is 0.0124. The first-order valence-corrected chi connectivity index (χ1v) is 8.59. The van der Waals surface area contributed by atoms with Gasteiger partial charge in [0.2, 0.25) is 5.91 Å². The Balaban J connectivity index is 1.77. The summed E-state index contributed by atoms with van der Waals surface area (Å²) in [7, 11) is 0. The lowest BCUT2D eigenvalue weighted by molar-refractivity contribution is -0.122. The van der Waals surface area contributed by atoms with Gasteiger partial charge in [0.15, 0.2) is 0 Å². The van der Waals surface area contributed by atoms with E-state index in [9.17, 15) is 9.59 Å². The molecule has 0 bridgehead atoms. The predicted octanol–water partition coefficient (Wildman–Crippen LogP) is 2.37. The minimum Gasteiger partial charge on any atom is -0.377 e. The van der Waals surface area contributed by atoms with Crippen molar-refractivity contribution in [3.63, 3.8) is 0 Å². The van der Waals surface area contributed by atoms with Gasteiger partial charge in [0.05, 0.1) is 12.6 Å². The van der Waals surface area contributed by atoms with Crippen LogP contribution in [0.1, 0.15) is 44.0 Å². The van der Waals surface area contributed by atoms with Gasteiger partial charge in [-0.3, -0.25) is 9.59 Å². The highest BCUT2D eigenvalue weighted by molar-refractivity contribution is 5.96. The van der Waals surface area contributed by atoms with E-state index >= 15 is 0 Å². The van der Waals surface area contributed by atoms with E-state index in [0.29, 0.717) is 18.0 Å². The Morgan fingerprint density at radius 2 is 1.88 bits per heavy atom. The monoisotopic (exact) mass is 332 g/mol. The van der Waals surface area contributed by atoms with Crippen molar-refractivity contribution >= 4 is 11.8 Å². The molecule has 1 heterocycles. The zero-order valence-electron chi connectivity index (χ0n) is 14.8. The van der Waals surface area contributed by atoms with E-state index in [1.807, 2.05) is 6.07 Å². The highest BCUT2D eigenvalue weighted by Crippen LogP contribution is 2.33. The lowest BCUT2D eigenvalue weighted by Gasteiger charge is -2.40. The molecular weight excluding hydrogens is 304 g/mol. The Morgan fingerprint density at radius 3 is 2.54 bits per heavy atom. The summed E-state index contributed by atoms with van der Waals surface area (Å²) in [5.41, 5.74) is 0.607. The smallest absolute Gasteiger partial charge is 0.251 e. The Morgan fingerprint density at radius 1 is 1.17 bits per heavy atom.